The molecule has 4 rings (SSSR count). The quantitative estimate of drug-likeness (QED) is 0.292. The molecule has 0 bridgehead atoms. The SMILES string of the molecule is Cc1csc(Sc2ccc(C(=O)O[C@H](C)C(=O)Nc3ccc4c(c3)OCO4)cc2[N+](=O)[O-])n1. The maximum Gasteiger partial charge on any atom is 0.339 e. The smallest absolute Gasteiger partial charge is 0.339 e. The topological polar surface area (TPSA) is 130 Å². The summed E-state index contributed by atoms with van der Waals surface area (Å²) >= 11 is 2.51. The highest BCUT2D eigenvalue weighted by Gasteiger charge is 2.24. The molecule has 1 aromatic heterocycles. The molecule has 0 unspecified atom stereocenters. The van der Waals surface area contributed by atoms with E-state index in [9.17, 15) is 19.7 Å². The number of anilines is 1. The Hall–Kier alpha value is -3.64. The predicted molar refractivity (Wildman–Crippen MR) is 120 cm³/mol. The lowest BCUT2D eigenvalue weighted by Crippen LogP contribution is -2.30. The van der Waals surface area contributed by atoms with Crippen LogP contribution in [0, 0.1) is 17.0 Å². The minimum absolute atomic E-state index is 0.0379. The monoisotopic (exact) mass is 487 g/mol. The molecule has 2 heterocycles. The Morgan fingerprint density at radius 2 is 2.03 bits per heavy atom. The van der Waals surface area contributed by atoms with E-state index >= 15 is 0 Å². The van der Waals surface area contributed by atoms with Crippen molar-refractivity contribution in [1.29, 1.82) is 0 Å². The normalized spacial score (nSPS) is 12.8. The molecule has 12 heteroatoms. The van der Waals surface area contributed by atoms with Crippen LogP contribution in [-0.2, 0) is 9.53 Å². The highest BCUT2D eigenvalue weighted by atomic mass is 32.2. The first-order chi connectivity index (χ1) is 15.8. The second kappa shape index (κ2) is 9.46. The molecule has 1 atom stereocenters. The Kier molecular flexibility index (Phi) is 6.47. The highest BCUT2D eigenvalue weighted by Crippen LogP contribution is 2.37. The molecule has 1 aliphatic heterocycles. The lowest BCUT2D eigenvalue weighted by molar-refractivity contribution is -0.387. The van der Waals surface area contributed by atoms with Gasteiger partial charge in [0, 0.05) is 28.9 Å². The number of amides is 1. The Morgan fingerprint density at radius 3 is 2.76 bits per heavy atom. The molecular formula is C21H17N3O7S2. The largest absolute Gasteiger partial charge is 0.454 e. The first-order valence-corrected chi connectivity index (χ1v) is 11.3. The molecule has 0 spiro atoms. The van der Waals surface area contributed by atoms with Crippen LogP contribution in [-0.4, -0.2) is 34.7 Å². The van der Waals surface area contributed by atoms with Crippen LogP contribution in [0.15, 0.2) is 51.0 Å². The summed E-state index contributed by atoms with van der Waals surface area (Å²) in [4.78, 5) is 40.6. The number of aromatic nitrogens is 1. The van der Waals surface area contributed by atoms with E-state index < -0.39 is 22.9 Å². The highest BCUT2D eigenvalue weighted by molar-refractivity contribution is 8.01. The minimum atomic E-state index is -1.14. The number of benzene rings is 2. The molecule has 1 N–H and O–H groups in total. The third kappa shape index (κ3) is 5.23. The van der Waals surface area contributed by atoms with Crippen molar-refractivity contribution < 1.29 is 28.7 Å². The number of nitrogens with one attached hydrogen (secondary N) is 1. The molecule has 0 saturated heterocycles. The fourth-order valence-electron chi connectivity index (χ4n) is 2.85. The van der Waals surface area contributed by atoms with Gasteiger partial charge in [0.25, 0.3) is 11.6 Å². The summed E-state index contributed by atoms with van der Waals surface area (Å²) in [5.41, 5.74) is 0.976. The first kappa shape index (κ1) is 22.6. The number of thiazole rings is 1. The van der Waals surface area contributed by atoms with E-state index in [0.29, 0.717) is 26.4 Å². The van der Waals surface area contributed by atoms with Crippen molar-refractivity contribution in [1.82, 2.24) is 4.98 Å². The number of rotatable bonds is 7. The number of nitro benzene ring substituents is 1. The van der Waals surface area contributed by atoms with Gasteiger partial charge in [0.1, 0.15) is 0 Å². The third-order valence-corrected chi connectivity index (χ3v) is 6.60. The van der Waals surface area contributed by atoms with Crippen LogP contribution in [0.25, 0.3) is 0 Å². The number of carbonyl (C=O) groups is 2. The van der Waals surface area contributed by atoms with Crippen molar-refractivity contribution in [3.63, 3.8) is 0 Å². The molecule has 2 aromatic carbocycles. The third-order valence-electron chi connectivity index (χ3n) is 4.48. The van der Waals surface area contributed by atoms with Crippen LogP contribution in [0.3, 0.4) is 0 Å². The number of nitrogens with zero attached hydrogens (tertiary/aromatic N) is 2. The van der Waals surface area contributed by atoms with Crippen LogP contribution in [0.4, 0.5) is 11.4 Å². The number of aryl methyl sites for hydroxylation is 1. The van der Waals surface area contributed by atoms with Crippen LogP contribution in [0.1, 0.15) is 23.0 Å². The zero-order valence-electron chi connectivity index (χ0n) is 17.4. The Balaban J connectivity index is 1.43. The molecule has 0 radical (unpaired) electrons. The van der Waals surface area contributed by atoms with E-state index in [1.165, 1.54) is 30.4 Å². The van der Waals surface area contributed by atoms with Gasteiger partial charge in [0.05, 0.1) is 15.4 Å². The Morgan fingerprint density at radius 1 is 1.24 bits per heavy atom. The summed E-state index contributed by atoms with van der Waals surface area (Å²) in [6.45, 7) is 3.34. The average Bonchev–Trinajstić information content (AvgIpc) is 3.41. The van der Waals surface area contributed by atoms with Crippen LogP contribution in [0.2, 0.25) is 0 Å². The fourth-order valence-corrected chi connectivity index (χ4v) is 4.73. The van der Waals surface area contributed by atoms with Gasteiger partial charge in [-0.1, -0.05) is 11.8 Å². The lowest BCUT2D eigenvalue weighted by Gasteiger charge is -2.14. The predicted octanol–water partition coefficient (Wildman–Crippen LogP) is 4.42. The molecule has 10 nitrogen and oxygen atoms in total. The van der Waals surface area contributed by atoms with Crippen molar-refractivity contribution >= 4 is 46.3 Å². The van der Waals surface area contributed by atoms with Gasteiger partial charge in [-0.15, -0.1) is 11.3 Å². The number of esters is 1. The summed E-state index contributed by atoms with van der Waals surface area (Å²) in [6.07, 6.45) is -1.14. The molecule has 3 aromatic rings. The van der Waals surface area contributed by atoms with E-state index in [1.54, 1.807) is 18.2 Å². The van der Waals surface area contributed by atoms with Gasteiger partial charge < -0.3 is 19.5 Å². The zero-order chi connectivity index (χ0) is 23.5. The number of carbonyl (C=O) groups excluding carboxylic acids is 2. The molecular weight excluding hydrogens is 470 g/mol. The van der Waals surface area contributed by atoms with Gasteiger partial charge in [-0.25, -0.2) is 9.78 Å². The molecule has 33 heavy (non-hydrogen) atoms. The van der Waals surface area contributed by atoms with E-state index in [1.807, 2.05) is 12.3 Å². The summed E-state index contributed by atoms with van der Waals surface area (Å²) < 4.78 is 16.3. The lowest BCUT2D eigenvalue weighted by atomic mass is 10.2. The van der Waals surface area contributed by atoms with Gasteiger partial charge >= 0.3 is 5.97 Å². The maximum atomic E-state index is 12.5. The van der Waals surface area contributed by atoms with Gasteiger partial charge in [0.2, 0.25) is 6.79 Å². The second-order valence-corrected chi connectivity index (χ2v) is 9.05. The van der Waals surface area contributed by atoms with Gasteiger partial charge in [-0.2, -0.15) is 0 Å². The maximum absolute atomic E-state index is 12.5. The van der Waals surface area contributed by atoms with Gasteiger partial charge in [-0.05, 0) is 38.1 Å². The first-order valence-electron chi connectivity index (χ1n) is 9.60. The van der Waals surface area contributed by atoms with Crippen molar-refractivity contribution in [3.05, 3.63) is 63.1 Å². The summed E-state index contributed by atoms with van der Waals surface area (Å²) in [7, 11) is 0. The number of fused-ring (bicyclic) bond motifs is 1. The number of hydrogen-bond donors (Lipinski definition) is 1. The fraction of sp³-hybridized carbons (Fsp3) is 0.190. The van der Waals surface area contributed by atoms with E-state index in [2.05, 4.69) is 10.3 Å². The second-order valence-electron chi connectivity index (χ2n) is 6.90. The molecule has 0 aliphatic carbocycles. The van der Waals surface area contributed by atoms with Crippen molar-refractivity contribution in [2.45, 2.75) is 29.2 Å². The van der Waals surface area contributed by atoms with Crippen molar-refractivity contribution in [3.8, 4) is 11.5 Å². The molecule has 1 amide bonds. The molecule has 0 saturated carbocycles. The van der Waals surface area contributed by atoms with Crippen molar-refractivity contribution in [2.24, 2.45) is 0 Å². The average molecular weight is 488 g/mol. The van der Waals surface area contributed by atoms with Crippen LogP contribution in [0.5, 0.6) is 11.5 Å². The summed E-state index contributed by atoms with van der Waals surface area (Å²) in [5.74, 6) is -0.354. The Bertz CT molecular complexity index is 1240. The van der Waals surface area contributed by atoms with Gasteiger partial charge in [-0.3, -0.25) is 14.9 Å². The van der Waals surface area contributed by atoms with Crippen molar-refractivity contribution in [2.75, 3.05) is 12.1 Å². The number of ether oxygens (including phenoxy) is 3. The van der Waals surface area contributed by atoms with E-state index in [0.717, 1.165) is 23.5 Å². The standard InChI is InChI=1S/C21H17N3O7S2/c1-11-9-32-21(22-11)33-18-6-3-13(7-15(18)24(27)28)20(26)31-12(2)19(25)23-14-4-5-16-17(8-14)30-10-29-16/h3-9,12H,10H2,1-2H3,(H,23,25)/t12-/m1/s1. The van der Waals surface area contributed by atoms with E-state index in [4.69, 9.17) is 14.2 Å². The molecule has 0 fully saturated rings. The number of hydrogen-bond acceptors (Lipinski definition) is 10. The van der Waals surface area contributed by atoms with Crippen LogP contribution >= 0.6 is 23.1 Å². The van der Waals surface area contributed by atoms with E-state index in [-0.39, 0.29) is 18.0 Å². The van der Waals surface area contributed by atoms with Gasteiger partial charge in [0.15, 0.2) is 21.9 Å². The summed E-state index contributed by atoms with van der Waals surface area (Å²) in [5, 5.41) is 16.0. The Labute approximate surface area is 196 Å². The summed E-state index contributed by atoms with van der Waals surface area (Å²) in [6, 6.07) is 8.89. The molecule has 170 valence electrons. The number of nitro groups is 1. The molecule has 1 aliphatic rings. The van der Waals surface area contributed by atoms with Crippen LogP contribution < -0.4 is 14.8 Å². The zero-order valence-corrected chi connectivity index (χ0v) is 19.0. The minimum Gasteiger partial charge on any atom is -0.454 e.